The van der Waals surface area contributed by atoms with Crippen molar-refractivity contribution in [3.8, 4) is 0 Å². The van der Waals surface area contributed by atoms with Crippen molar-refractivity contribution in [1.29, 1.82) is 0 Å². The van der Waals surface area contributed by atoms with E-state index in [1.165, 1.54) is 50.3 Å². The van der Waals surface area contributed by atoms with Gasteiger partial charge in [0.1, 0.15) is 0 Å². The van der Waals surface area contributed by atoms with E-state index in [4.69, 9.17) is 0 Å². The zero-order chi connectivity index (χ0) is 20.1. The van der Waals surface area contributed by atoms with Gasteiger partial charge in [-0.1, -0.05) is 12.1 Å². The molecule has 1 atom stereocenters. The maximum Gasteiger partial charge on any atom is 0.234 e. The fraction of sp³-hybridized carbons (Fsp3) is 0.682. The molecule has 1 heterocycles. The number of rotatable bonds is 6. The minimum absolute atomic E-state index is 0.0474. The summed E-state index contributed by atoms with van der Waals surface area (Å²) in [4.78, 5) is 12.5. The lowest BCUT2D eigenvalue weighted by Gasteiger charge is -2.57. The molecule has 4 aliphatic carbocycles. The highest BCUT2D eigenvalue weighted by Gasteiger charge is 2.51. The Morgan fingerprint density at radius 2 is 1.66 bits per heavy atom. The molecule has 4 bridgehead atoms. The average Bonchev–Trinajstić information content (AvgIpc) is 2.99. The first-order valence-electron chi connectivity index (χ1n) is 10.9. The minimum atomic E-state index is -2.90. The van der Waals surface area contributed by atoms with Crippen LogP contribution in [0.15, 0.2) is 24.3 Å². The van der Waals surface area contributed by atoms with Gasteiger partial charge in [0.25, 0.3) is 0 Å². The maximum absolute atomic E-state index is 12.5. The highest BCUT2D eigenvalue weighted by Crippen LogP contribution is 2.56. The Kier molecular flexibility index (Phi) is 5.09. The number of thioether (sulfide) groups is 1. The predicted octanol–water partition coefficient (Wildman–Crippen LogP) is 3.93. The van der Waals surface area contributed by atoms with Gasteiger partial charge >= 0.3 is 0 Å². The molecule has 1 aliphatic heterocycles. The second kappa shape index (κ2) is 7.49. The van der Waals surface area contributed by atoms with Crippen LogP contribution in [0, 0.1) is 17.8 Å². The summed E-state index contributed by atoms with van der Waals surface area (Å²) in [5.74, 6) is 3.31. The molecule has 4 saturated carbocycles. The fourth-order valence-electron chi connectivity index (χ4n) is 6.52. The summed E-state index contributed by atoms with van der Waals surface area (Å²) >= 11 is 1.46. The largest absolute Gasteiger partial charge is 0.378 e. The predicted molar refractivity (Wildman–Crippen MR) is 119 cm³/mol. The summed E-state index contributed by atoms with van der Waals surface area (Å²) in [7, 11) is -2.90. The lowest BCUT2D eigenvalue weighted by Crippen LogP contribution is -2.54. The Morgan fingerprint density at radius 3 is 2.24 bits per heavy atom. The SMILES string of the molecule is O=C(CSC1CCS(=O)(=O)C1)Nc1ccccc1NC12CC3CC(CC(C3)C1)C2. The van der Waals surface area contributed by atoms with E-state index < -0.39 is 9.84 Å². The Balaban J connectivity index is 1.22. The molecule has 1 aromatic rings. The zero-order valence-corrected chi connectivity index (χ0v) is 18.4. The third-order valence-electron chi connectivity index (χ3n) is 7.28. The van der Waals surface area contributed by atoms with Crippen LogP contribution in [0.1, 0.15) is 44.9 Å². The molecule has 6 rings (SSSR count). The van der Waals surface area contributed by atoms with Gasteiger partial charge in [0.15, 0.2) is 9.84 Å². The molecule has 5 fully saturated rings. The van der Waals surface area contributed by atoms with E-state index >= 15 is 0 Å². The Hall–Kier alpha value is -1.21. The quantitative estimate of drug-likeness (QED) is 0.710. The van der Waals surface area contributed by atoms with Crippen LogP contribution in [0.4, 0.5) is 11.4 Å². The third kappa shape index (κ3) is 4.31. The monoisotopic (exact) mass is 434 g/mol. The number of benzene rings is 1. The molecule has 0 aromatic heterocycles. The number of para-hydroxylation sites is 2. The van der Waals surface area contributed by atoms with Gasteiger partial charge < -0.3 is 10.6 Å². The van der Waals surface area contributed by atoms with Gasteiger partial charge in [-0.3, -0.25) is 4.79 Å². The first-order valence-corrected chi connectivity index (χ1v) is 13.7. The minimum Gasteiger partial charge on any atom is -0.378 e. The van der Waals surface area contributed by atoms with E-state index in [0.717, 1.165) is 29.1 Å². The van der Waals surface area contributed by atoms with Crippen molar-refractivity contribution in [3.05, 3.63) is 24.3 Å². The molecule has 29 heavy (non-hydrogen) atoms. The molecule has 1 unspecified atom stereocenters. The summed E-state index contributed by atoms with van der Waals surface area (Å²) in [6, 6.07) is 8.02. The summed E-state index contributed by atoms with van der Waals surface area (Å²) in [6.07, 6.45) is 8.66. The molecule has 5 aliphatic rings. The number of hydrogen-bond donors (Lipinski definition) is 2. The molecule has 2 N–H and O–H groups in total. The van der Waals surface area contributed by atoms with Crippen molar-refractivity contribution >= 4 is 38.9 Å². The fourth-order valence-corrected chi connectivity index (χ4v) is 9.97. The average molecular weight is 435 g/mol. The second-order valence-corrected chi connectivity index (χ2v) is 13.3. The second-order valence-electron chi connectivity index (χ2n) is 9.75. The van der Waals surface area contributed by atoms with E-state index in [-0.39, 0.29) is 28.2 Å². The molecule has 7 heteroatoms. The van der Waals surface area contributed by atoms with Crippen molar-refractivity contribution < 1.29 is 13.2 Å². The first-order chi connectivity index (χ1) is 13.9. The van der Waals surface area contributed by atoms with Crippen LogP contribution in [0.3, 0.4) is 0 Å². The lowest BCUT2D eigenvalue weighted by atomic mass is 9.53. The van der Waals surface area contributed by atoms with Crippen molar-refractivity contribution in [1.82, 2.24) is 0 Å². The van der Waals surface area contributed by atoms with E-state index in [2.05, 4.69) is 16.7 Å². The van der Waals surface area contributed by atoms with E-state index in [9.17, 15) is 13.2 Å². The molecule has 1 saturated heterocycles. The van der Waals surface area contributed by atoms with Crippen LogP contribution in [0.2, 0.25) is 0 Å². The summed E-state index contributed by atoms with van der Waals surface area (Å²) in [6.45, 7) is 0. The number of sulfone groups is 1. The Morgan fingerprint density at radius 1 is 1.03 bits per heavy atom. The van der Waals surface area contributed by atoms with E-state index in [1.54, 1.807) is 0 Å². The Labute approximate surface area is 177 Å². The number of anilines is 2. The van der Waals surface area contributed by atoms with Gasteiger partial charge in [0, 0.05) is 10.8 Å². The first kappa shape index (κ1) is 19.7. The summed E-state index contributed by atoms with van der Waals surface area (Å²) < 4.78 is 23.2. The van der Waals surface area contributed by atoms with Crippen molar-refractivity contribution in [2.75, 3.05) is 27.9 Å². The van der Waals surface area contributed by atoms with Crippen molar-refractivity contribution in [2.24, 2.45) is 17.8 Å². The molecular weight excluding hydrogens is 404 g/mol. The standard InChI is InChI=1S/C22H30N2O3S2/c25-21(13-28-18-5-6-29(26,27)14-18)23-19-3-1-2-4-20(19)24-22-10-15-7-16(11-22)9-17(8-15)12-22/h1-4,15-18,24H,5-14H2,(H,23,25). The summed E-state index contributed by atoms with van der Waals surface area (Å²) in [5, 5.41) is 6.98. The van der Waals surface area contributed by atoms with Gasteiger partial charge in [0.2, 0.25) is 5.91 Å². The molecule has 0 spiro atoms. The van der Waals surface area contributed by atoms with Gasteiger partial charge in [-0.05, 0) is 74.8 Å². The molecule has 1 aromatic carbocycles. The van der Waals surface area contributed by atoms with Crippen LogP contribution < -0.4 is 10.6 Å². The molecule has 158 valence electrons. The number of hydrogen-bond acceptors (Lipinski definition) is 5. The third-order valence-corrected chi connectivity index (χ3v) is 10.6. The number of nitrogens with one attached hydrogen (secondary N) is 2. The van der Waals surface area contributed by atoms with Crippen LogP contribution in [0.25, 0.3) is 0 Å². The highest BCUT2D eigenvalue weighted by molar-refractivity contribution is 8.02. The smallest absolute Gasteiger partial charge is 0.234 e. The number of carbonyl (C=O) groups excluding carboxylic acids is 1. The van der Waals surface area contributed by atoms with Crippen molar-refractivity contribution in [2.45, 2.75) is 55.7 Å². The molecule has 1 amide bonds. The lowest BCUT2D eigenvalue weighted by molar-refractivity contribution is -0.113. The van der Waals surface area contributed by atoms with Crippen LogP contribution in [-0.2, 0) is 14.6 Å². The van der Waals surface area contributed by atoms with Gasteiger partial charge in [0.05, 0.1) is 28.6 Å². The zero-order valence-electron chi connectivity index (χ0n) is 16.7. The molecule has 5 nitrogen and oxygen atoms in total. The van der Waals surface area contributed by atoms with Crippen molar-refractivity contribution in [3.63, 3.8) is 0 Å². The van der Waals surface area contributed by atoms with Crippen LogP contribution in [-0.4, -0.2) is 42.4 Å². The normalized spacial score (nSPS) is 36.8. The highest BCUT2D eigenvalue weighted by atomic mass is 32.2. The van der Waals surface area contributed by atoms with Gasteiger partial charge in [-0.15, -0.1) is 11.8 Å². The number of amides is 1. The van der Waals surface area contributed by atoms with E-state index in [1.807, 2.05) is 18.2 Å². The van der Waals surface area contributed by atoms with Crippen LogP contribution >= 0.6 is 11.8 Å². The van der Waals surface area contributed by atoms with Gasteiger partial charge in [-0.25, -0.2) is 8.42 Å². The number of carbonyl (C=O) groups is 1. The topological polar surface area (TPSA) is 75.3 Å². The van der Waals surface area contributed by atoms with E-state index in [0.29, 0.717) is 12.2 Å². The molecule has 0 radical (unpaired) electrons. The molecular formula is C22H30N2O3S2. The van der Waals surface area contributed by atoms with Crippen LogP contribution in [0.5, 0.6) is 0 Å². The summed E-state index contributed by atoms with van der Waals surface area (Å²) in [5.41, 5.74) is 2.06. The van der Waals surface area contributed by atoms with Gasteiger partial charge in [-0.2, -0.15) is 0 Å². The Bertz CT molecular complexity index is 864. The maximum atomic E-state index is 12.5.